The molecule has 0 spiro atoms. The fraction of sp³-hybridized carbons (Fsp3) is 0.833. The molecule has 0 unspecified atom stereocenters. The first kappa shape index (κ1) is 14.3. The summed E-state index contributed by atoms with van der Waals surface area (Å²) in [5.74, 6) is 1.01. The predicted octanol–water partition coefficient (Wildman–Crippen LogP) is 1.65. The summed E-state index contributed by atoms with van der Waals surface area (Å²) in [5, 5.41) is 15.3. The van der Waals surface area contributed by atoms with Gasteiger partial charge in [0.2, 0.25) is 11.1 Å². The highest BCUT2D eigenvalue weighted by Gasteiger charge is 2.28. The van der Waals surface area contributed by atoms with Crippen LogP contribution in [0.25, 0.3) is 0 Å². The first-order valence-electron chi connectivity index (χ1n) is 6.91. The molecule has 1 aromatic heterocycles. The van der Waals surface area contributed by atoms with Gasteiger partial charge in [0, 0.05) is 6.54 Å². The molecule has 0 aromatic carbocycles. The summed E-state index contributed by atoms with van der Waals surface area (Å²) in [5.41, 5.74) is 0. The first-order valence-corrected chi connectivity index (χ1v) is 7.90. The summed E-state index contributed by atoms with van der Waals surface area (Å²) < 4.78 is 1.83. The highest BCUT2D eigenvalue weighted by molar-refractivity contribution is 7.99. The molecule has 0 atom stereocenters. The summed E-state index contributed by atoms with van der Waals surface area (Å²) in [6, 6.07) is 0.449. The van der Waals surface area contributed by atoms with Gasteiger partial charge in [0.15, 0.2) is 0 Å². The maximum absolute atomic E-state index is 11.8. The molecule has 1 amide bonds. The van der Waals surface area contributed by atoms with Crippen molar-refractivity contribution in [3.63, 3.8) is 0 Å². The fourth-order valence-electron chi connectivity index (χ4n) is 1.85. The number of rotatable bonds is 8. The smallest absolute Gasteiger partial charge is 0.230 e. The van der Waals surface area contributed by atoms with Crippen LogP contribution in [0.1, 0.15) is 45.6 Å². The second-order valence-corrected chi connectivity index (χ2v) is 5.85. The molecule has 1 N–H and O–H groups in total. The molecule has 1 saturated carbocycles. The molecule has 106 valence electrons. The third-order valence-corrected chi connectivity index (χ3v) is 4.36. The third-order valence-electron chi connectivity index (χ3n) is 3.43. The summed E-state index contributed by atoms with van der Waals surface area (Å²) in [7, 11) is 0. The van der Waals surface area contributed by atoms with E-state index < -0.39 is 0 Å². The van der Waals surface area contributed by atoms with Gasteiger partial charge in [-0.25, -0.2) is 4.68 Å². The van der Waals surface area contributed by atoms with E-state index in [1.807, 2.05) is 4.68 Å². The van der Waals surface area contributed by atoms with Crippen molar-refractivity contribution in [3.8, 4) is 0 Å². The Morgan fingerprint density at radius 1 is 1.47 bits per heavy atom. The molecule has 19 heavy (non-hydrogen) atoms. The number of thioether (sulfide) groups is 1. The normalized spacial score (nSPS) is 14.9. The summed E-state index contributed by atoms with van der Waals surface area (Å²) in [4.78, 5) is 11.8. The van der Waals surface area contributed by atoms with Gasteiger partial charge in [-0.15, -0.1) is 5.10 Å². The minimum Gasteiger partial charge on any atom is -0.355 e. The number of carbonyl (C=O) groups is 1. The average Bonchev–Trinajstić information content (AvgIpc) is 3.16. The largest absolute Gasteiger partial charge is 0.355 e. The van der Waals surface area contributed by atoms with Gasteiger partial charge < -0.3 is 5.32 Å². The standard InChI is InChI=1S/C12H21N5OS/c1-3-9(4-2)7-13-11(18)8-19-12-14-15-16-17(12)10-5-6-10/h9-10H,3-8H2,1-2H3,(H,13,18). The summed E-state index contributed by atoms with van der Waals surface area (Å²) in [6.45, 7) is 5.07. The average molecular weight is 283 g/mol. The van der Waals surface area contributed by atoms with Crippen LogP contribution < -0.4 is 5.32 Å². The van der Waals surface area contributed by atoms with Crippen LogP contribution >= 0.6 is 11.8 Å². The molecule has 1 aliphatic rings. The van der Waals surface area contributed by atoms with E-state index in [-0.39, 0.29) is 5.91 Å². The van der Waals surface area contributed by atoms with Crippen LogP contribution in [-0.2, 0) is 4.79 Å². The topological polar surface area (TPSA) is 72.7 Å². The van der Waals surface area contributed by atoms with E-state index in [1.54, 1.807) is 0 Å². The maximum atomic E-state index is 11.8. The Kier molecular flexibility index (Phi) is 5.18. The Morgan fingerprint density at radius 3 is 2.84 bits per heavy atom. The zero-order chi connectivity index (χ0) is 13.7. The van der Waals surface area contributed by atoms with Crippen LogP contribution in [0.4, 0.5) is 0 Å². The fourth-order valence-corrected chi connectivity index (χ4v) is 2.62. The highest BCUT2D eigenvalue weighted by Crippen LogP contribution is 2.36. The van der Waals surface area contributed by atoms with Crippen molar-refractivity contribution in [2.75, 3.05) is 12.3 Å². The summed E-state index contributed by atoms with van der Waals surface area (Å²) in [6.07, 6.45) is 4.48. The van der Waals surface area contributed by atoms with E-state index in [4.69, 9.17) is 0 Å². The van der Waals surface area contributed by atoms with Crippen LogP contribution in [0.15, 0.2) is 5.16 Å². The second kappa shape index (κ2) is 6.88. The number of carbonyl (C=O) groups excluding carboxylic acids is 1. The van der Waals surface area contributed by atoms with Crippen molar-refractivity contribution < 1.29 is 4.79 Å². The van der Waals surface area contributed by atoms with Crippen molar-refractivity contribution >= 4 is 17.7 Å². The molecule has 0 bridgehead atoms. The van der Waals surface area contributed by atoms with Gasteiger partial charge in [0.05, 0.1) is 11.8 Å². The number of aromatic nitrogens is 4. The first-order chi connectivity index (χ1) is 9.24. The van der Waals surface area contributed by atoms with Gasteiger partial charge in [-0.2, -0.15) is 0 Å². The Bertz CT molecular complexity index is 414. The lowest BCUT2D eigenvalue weighted by Crippen LogP contribution is -2.30. The van der Waals surface area contributed by atoms with Gasteiger partial charge in [0.25, 0.3) is 0 Å². The minimum atomic E-state index is 0.0576. The number of hydrogen-bond acceptors (Lipinski definition) is 5. The predicted molar refractivity (Wildman–Crippen MR) is 73.9 cm³/mol. The molecule has 1 heterocycles. The van der Waals surface area contributed by atoms with Crippen molar-refractivity contribution in [3.05, 3.63) is 0 Å². The molecule has 6 nitrogen and oxygen atoms in total. The summed E-state index contributed by atoms with van der Waals surface area (Å²) >= 11 is 1.41. The third kappa shape index (κ3) is 4.19. The lowest BCUT2D eigenvalue weighted by atomic mass is 10.0. The van der Waals surface area contributed by atoms with E-state index in [9.17, 15) is 4.79 Å². The zero-order valence-corrected chi connectivity index (χ0v) is 12.3. The monoisotopic (exact) mass is 283 g/mol. The molecular weight excluding hydrogens is 262 g/mol. The van der Waals surface area contributed by atoms with Gasteiger partial charge in [-0.3, -0.25) is 4.79 Å². The van der Waals surface area contributed by atoms with E-state index in [2.05, 4.69) is 34.7 Å². The molecule has 7 heteroatoms. The van der Waals surface area contributed by atoms with Gasteiger partial charge >= 0.3 is 0 Å². The quantitative estimate of drug-likeness (QED) is 0.734. The van der Waals surface area contributed by atoms with E-state index >= 15 is 0 Å². The lowest BCUT2D eigenvalue weighted by molar-refractivity contribution is -0.118. The number of nitrogens with zero attached hydrogens (tertiary/aromatic N) is 4. The van der Waals surface area contributed by atoms with E-state index in [0.717, 1.165) is 37.4 Å². The molecule has 0 radical (unpaired) electrons. The Balaban J connectivity index is 1.72. The van der Waals surface area contributed by atoms with Crippen molar-refractivity contribution in [1.29, 1.82) is 0 Å². The van der Waals surface area contributed by atoms with Crippen LogP contribution in [0.5, 0.6) is 0 Å². The number of amides is 1. The number of tetrazole rings is 1. The van der Waals surface area contributed by atoms with Crippen molar-refractivity contribution in [1.82, 2.24) is 25.5 Å². The SMILES string of the molecule is CCC(CC)CNC(=O)CSc1nnnn1C1CC1. The highest BCUT2D eigenvalue weighted by atomic mass is 32.2. The van der Waals surface area contributed by atoms with Crippen LogP contribution in [0.3, 0.4) is 0 Å². The van der Waals surface area contributed by atoms with Crippen molar-refractivity contribution in [2.24, 2.45) is 5.92 Å². The number of nitrogens with one attached hydrogen (secondary N) is 1. The lowest BCUT2D eigenvalue weighted by Gasteiger charge is -2.12. The Hall–Kier alpha value is -1.11. The van der Waals surface area contributed by atoms with E-state index in [0.29, 0.717) is 17.7 Å². The zero-order valence-electron chi connectivity index (χ0n) is 11.5. The van der Waals surface area contributed by atoms with Gasteiger partial charge in [0.1, 0.15) is 0 Å². The van der Waals surface area contributed by atoms with Gasteiger partial charge in [-0.1, -0.05) is 38.5 Å². The number of hydrogen-bond donors (Lipinski definition) is 1. The molecule has 0 aliphatic heterocycles. The molecule has 1 fully saturated rings. The maximum Gasteiger partial charge on any atom is 0.230 e. The molecular formula is C12H21N5OS. The Labute approximate surface area is 117 Å². The molecule has 0 saturated heterocycles. The van der Waals surface area contributed by atoms with Gasteiger partial charge in [-0.05, 0) is 29.2 Å². The Morgan fingerprint density at radius 2 is 2.21 bits per heavy atom. The van der Waals surface area contributed by atoms with Crippen LogP contribution in [0, 0.1) is 5.92 Å². The van der Waals surface area contributed by atoms with E-state index in [1.165, 1.54) is 11.8 Å². The van der Waals surface area contributed by atoms with Crippen LogP contribution in [-0.4, -0.2) is 38.4 Å². The molecule has 2 rings (SSSR count). The van der Waals surface area contributed by atoms with Crippen LogP contribution in [0.2, 0.25) is 0 Å². The molecule has 1 aromatic rings. The second-order valence-electron chi connectivity index (χ2n) is 4.91. The molecule has 1 aliphatic carbocycles. The van der Waals surface area contributed by atoms with Crippen molar-refractivity contribution in [2.45, 2.75) is 50.7 Å². The minimum absolute atomic E-state index is 0.0576.